The van der Waals surface area contributed by atoms with Gasteiger partial charge in [-0.15, -0.1) is 0 Å². The van der Waals surface area contributed by atoms with Gasteiger partial charge >= 0.3 is 0 Å². The van der Waals surface area contributed by atoms with Gasteiger partial charge in [-0.2, -0.15) is 0 Å². The molecule has 1 N–H and O–H groups in total. The molecule has 1 aliphatic heterocycles. The van der Waals surface area contributed by atoms with Crippen LogP contribution in [0, 0.1) is 0 Å². The number of amides is 1. The maximum absolute atomic E-state index is 12.1. The first-order valence-corrected chi connectivity index (χ1v) is 6.27. The van der Waals surface area contributed by atoms with Crippen molar-refractivity contribution in [1.82, 2.24) is 10.2 Å². The normalized spacial score (nSPS) is 22.8. The highest BCUT2D eigenvalue weighted by molar-refractivity contribution is 5.84. The van der Waals surface area contributed by atoms with E-state index in [1.807, 2.05) is 11.8 Å². The molecule has 0 saturated carbocycles. The molecular weight excluding hydrogens is 204 g/mol. The van der Waals surface area contributed by atoms with E-state index in [-0.39, 0.29) is 18.0 Å². The fraction of sp³-hybridized carbons (Fsp3) is 0.917. The Morgan fingerprint density at radius 1 is 1.56 bits per heavy atom. The number of likely N-dealkylation sites (N-methyl/N-ethyl adjacent to an activating group) is 1. The number of hydrogen-bond acceptors (Lipinski definition) is 3. The van der Waals surface area contributed by atoms with Gasteiger partial charge in [-0.05, 0) is 19.4 Å². The van der Waals surface area contributed by atoms with Crippen LogP contribution >= 0.6 is 0 Å². The second-order valence-corrected chi connectivity index (χ2v) is 4.33. The standard InChI is InChI=1S/C12H24N2O2/c1-4-6-10(9-16-3)14-8-7-11(12(14)15)13-5-2/h10-11,13H,4-9H2,1-3H3. The predicted molar refractivity (Wildman–Crippen MR) is 64.4 cm³/mol. The number of carbonyl (C=O) groups is 1. The summed E-state index contributed by atoms with van der Waals surface area (Å²) in [6.45, 7) is 6.55. The Kier molecular flexibility index (Phi) is 5.77. The minimum absolute atomic E-state index is 0.0289. The zero-order valence-electron chi connectivity index (χ0n) is 10.7. The van der Waals surface area contributed by atoms with Crippen LogP contribution in [0.4, 0.5) is 0 Å². The summed E-state index contributed by atoms with van der Waals surface area (Å²) in [6, 6.07) is 0.285. The molecule has 1 amide bonds. The molecule has 0 aromatic carbocycles. The van der Waals surface area contributed by atoms with Crippen molar-refractivity contribution in [3.05, 3.63) is 0 Å². The third kappa shape index (κ3) is 3.19. The third-order valence-corrected chi connectivity index (χ3v) is 3.11. The molecule has 0 aromatic rings. The topological polar surface area (TPSA) is 41.6 Å². The molecule has 0 aromatic heterocycles. The number of nitrogens with one attached hydrogen (secondary N) is 1. The van der Waals surface area contributed by atoms with Gasteiger partial charge in [0.25, 0.3) is 0 Å². The number of likely N-dealkylation sites (tertiary alicyclic amines) is 1. The summed E-state index contributed by atoms with van der Waals surface area (Å²) in [5.74, 6) is 0.248. The zero-order valence-corrected chi connectivity index (χ0v) is 10.7. The van der Waals surface area contributed by atoms with Gasteiger partial charge in [0.2, 0.25) is 5.91 Å². The number of carbonyl (C=O) groups excluding carboxylic acids is 1. The molecule has 4 nitrogen and oxygen atoms in total. The van der Waals surface area contributed by atoms with E-state index in [4.69, 9.17) is 4.74 Å². The van der Waals surface area contributed by atoms with Gasteiger partial charge in [-0.1, -0.05) is 20.3 Å². The van der Waals surface area contributed by atoms with Gasteiger partial charge in [0, 0.05) is 13.7 Å². The Hall–Kier alpha value is -0.610. The second kappa shape index (κ2) is 6.86. The highest BCUT2D eigenvalue weighted by Gasteiger charge is 2.34. The molecule has 1 saturated heterocycles. The van der Waals surface area contributed by atoms with E-state index in [1.54, 1.807) is 7.11 Å². The molecule has 16 heavy (non-hydrogen) atoms. The van der Waals surface area contributed by atoms with Gasteiger partial charge < -0.3 is 15.0 Å². The molecule has 2 atom stereocenters. The van der Waals surface area contributed by atoms with Crippen LogP contribution in [0.25, 0.3) is 0 Å². The van der Waals surface area contributed by atoms with E-state index in [0.717, 1.165) is 32.4 Å². The number of hydrogen-bond donors (Lipinski definition) is 1. The molecule has 2 unspecified atom stereocenters. The number of nitrogens with zero attached hydrogens (tertiary/aromatic N) is 1. The van der Waals surface area contributed by atoms with Crippen LogP contribution < -0.4 is 5.32 Å². The SMILES string of the molecule is CCCC(COC)N1CCC(NCC)C1=O. The molecule has 94 valence electrons. The average Bonchev–Trinajstić information content (AvgIpc) is 2.61. The van der Waals surface area contributed by atoms with Crippen molar-refractivity contribution < 1.29 is 9.53 Å². The van der Waals surface area contributed by atoms with Gasteiger partial charge in [0.15, 0.2) is 0 Å². The van der Waals surface area contributed by atoms with E-state index < -0.39 is 0 Å². The molecular formula is C12H24N2O2. The molecule has 1 heterocycles. The van der Waals surface area contributed by atoms with E-state index in [2.05, 4.69) is 12.2 Å². The summed E-state index contributed by atoms with van der Waals surface area (Å²) in [5.41, 5.74) is 0. The van der Waals surface area contributed by atoms with Crippen molar-refractivity contribution in [1.29, 1.82) is 0 Å². The van der Waals surface area contributed by atoms with E-state index in [9.17, 15) is 4.79 Å². The third-order valence-electron chi connectivity index (χ3n) is 3.11. The fourth-order valence-corrected chi connectivity index (χ4v) is 2.36. The maximum Gasteiger partial charge on any atom is 0.240 e. The lowest BCUT2D eigenvalue weighted by Crippen LogP contribution is -2.44. The number of methoxy groups -OCH3 is 1. The quantitative estimate of drug-likeness (QED) is 0.707. The molecule has 1 aliphatic rings. The summed E-state index contributed by atoms with van der Waals surface area (Å²) in [7, 11) is 1.70. The van der Waals surface area contributed by atoms with Crippen LogP contribution in [0.15, 0.2) is 0 Å². The van der Waals surface area contributed by atoms with Crippen molar-refractivity contribution in [2.75, 3.05) is 26.8 Å². The molecule has 4 heteroatoms. The Morgan fingerprint density at radius 3 is 2.88 bits per heavy atom. The van der Waals surface area contributed by atoms with Crippen LogP contribution in [0.1, 0.15) is 33.1 Å². The first kappa shape index (κ1) is 13.5. The molecule has 1 rings (SSSR count). The Balaban J connectivity index is 2.54. The first-order valence-electron chi connectivity index (χ1n) is 6.27. The minimum atomic E-state index is 0.0289. The van der Waals surface area contributed by atoms with Crippen molar-refractivity contribution >= 4 is 5.91 Å². The van der Waals surface area contributed by atoms with Crippen molar-refractivity contribution in [2.24, 2.45) is 0 Å². The highest BCUT2D eigenvalue weighted by Crippen LogP contribution is 2.17. The Bertz CT molecular complexity index is 215. The highest BCUT2D eigenvalue weighted by atomic mass is 16.5. The molecule has 0 aliphatic carbocycles. The first-order chi connectivity index (χ1) is 7.74. The van der Waals surface area contributed by atoms with Crippen molar-refractivity contribution in [3.8, 4) is 0 Å². The van der Waals surface area contributed by atoms with Crippen molar-refractivity contribution in [2.45, 2.75) is 45.2 Å². The number of rotatable bonds is 7. The minimum Gasteiger partial charge on any atom is -0.383 e. The summed E-state index contributed by atoms with van der Waals surface area (Å²) in [6.07, 6.45) is 3.04. The predicted octanol–water partition coefficient (Wildman–Crippen LogP) is 1.01. The summed E-state index contributed by atoms with van der Waals surface area (Å²) >= 11 is 0. The van der Waals surface area contributed by atoms with E-state index in [0.29, 0.717) is 6.61 Å². The van der Waals surface area contributed by atoms with Crippen molar-refractivity contribution in [3.63, 3.8) is 0 Å². The van der Waals surface area contributed by atoms with Gasteiger partial charge in [-0.3, -0.25) is 4.79 Å². The molecule has 0 bridgehead atoms. The largest absolute Gasteiger partial charge is 0.383 e. The monoisotopic (exact) mass is 228 g/mol. The average molecular weight is 228 g/mol. The van der Waals surface area contributed by atoms with Crippen LogP contribution in [0.2, 0.25) is 0 Å². The van der Waals surface area contributed by atoms with Crippen LogP contribution in [0.3, 0.4) is 0 Å². The van der Waals surface area contributed by atoms with E-state index >= 15 is 0 Å². The summed E-state index contributed by atoms with van der Waals surface area (Å²) in [5, 5.41) is 3.23. The Morgan fingerprint density at radius 2 is 2.31 bits per heavy atom. The number of ether oxygens (including phenoxy) is 1. The lowest BCUT2D eigenvalue weighted by atomic mass is 10.1. The van der Waals surface area contributed by atoms with Crippen LogP contribution in [0.5, 0.6) is 0 Å². The van der Waals surface area contributed by atoms with Gasteiger partial charge in [0.1, 0.15) is 0 Å². The molecule has 0 radical (unpaired) electrons. The zero-order chi connectivity index (χ0) is 12.0. The van der Waals surface area contributed by atoms with Gasteiger partial charge in [-0.25, -0.2) is 0 Å². The molecule has 1 fully saturated rings. The molecule has 0 spiro atoms. The lowest BCUT2D eigenvalue weighted by Gasteiger charge is -2.27. The smallest absolute Gasteiger partial charge is 0.240 e. The Labute approximate surface area is 98.3 Å². The van der Waals surface area contributed by atoms with Crippen LogP contribution in [-0.2, 0) is 9.53 Å². The second-order valence-electron chi connectivity index (χ2n) is 4.33. The maximum atomic E-state index is 12.1. The summed E-state index contributed by atoms with van der Waals surface area (Å²) < 4.78 is 5.20. The summed E-state index contributed by atoms with van der Waals surface area (Å²) in [4.78, 5) is 14.1. The lowest BCUT2D eigenvalue weighted by molar-refractivity contribution is -0.132. The van der Waals surface area contributed by atoms with Gasteiger partial charge in [0.05, 0.1) is 18.7 Å². The van der Waals surface area contributed by atoms with Crippen LogP contribution in [-0.4, -0.2) is 49.7 Å². The van der Waals surface area contributed by atoms with E-state index in [1.165, 1.54) is 0 Å². The fourth-order valence-electron chi connectivity index (χ4n) is 2.36.